The van der Waals surface area contributed by atoms with Gasteiger partial charge in [-0.25, -0.2) is 0 Å². The number of ether oxygens (including phenoxy) is 2. The monoisotopic (exact) mass is 378 g/mol. The van der Waals surface area contributed by atoms with Gasteiger partial charge in [0.1, 0.15) is 6.61 Å². The molecule has 4 rings (SSSR count). The Morgan fingerprint density at radius 3 is 2.89 bits per heavy atom. The van der Waals surface area contributed by atoms with Crippen LogP contribution in [-0.2, 0) is 11.3 Å². The molecule has 0 saturated heterocycles. The van der Waals surface area contributed by atoms with Crippen LogP contribution in [-0.4, -0.2) is 23.2 Å². The highest BCUT2D eigenvalue weighted by atomic mass is 32.1. The topological polar surface area (TPSA) is 52.8 Å². The molecule has 0 saturated carbocycles. The zero-order valence-corrected chi connectivity index (χ0v) is 15.9. The summed E-state index contributed by atoms with van der Waals surface area (Å²) in [5.41, 5.74) is 3.27. The van der Waals surface area contributed by atoms with E-state index in [9.17, 15) is 4.79 Å². The second kappa shape index (κ2) is 6.93. The normalized spacial score (nSPS) is 16.3. The second-order valence-electron chi connectivity index (χ2n) is 6.42. The van der Waals surface area contributed by atoms with Gasteiger partial charge in [-0.05, 0) is 43.2 Å². The summed E-state index contributed by atoms with van der Waals surface area (Å²) in [4.78, 5) is 17.6. The molecule has 0 radical (unpaired) electrons. The number of aromatic nitrogens is 1. The summed E-state index contributed by atoms with van der Waals surface area (Å²) in [6.45, 7) is 4.57. The Kier molecular flexibility index (Phi) is 4.46. The Morgan fingerprint density at radius 2 is 2.11 bits per heavy atom. The summed E-state index contributed by atoms with van der Waals surface area (Å²) in [6, 6.07) is 11.5. The number of hydrogen-bond acceptors (Lipinski definition) is 4. The van der Waals surface area contributed by atoms with Crippen molar-refractivity contribution in [1.29, 1.82) is 0 Å². The van der Waals surface area contributed by atoms with E-state index in [0.717, 1.165) is 21.3 Å². The van der Waals surface area contributed by atoms with Crippen LogP contribution in [0, 0.1) is 26.2 Å². The third-order valence-electron chi connectivity index (χ3n) is 4.35. The number of nitrogens with zero attached hydrogens (tertiary/aromatic N) is 2. The van der Waals surface area contributed by atoms with Gasteiger partial charge in [-0.1, -0.05) is 35.5 Å². The fourth-order valence-corrected chi connectivity index (χ4v) is 4.23. The fourth-order valence-electron chi connectivity index (χ4n) is 3.15. The van der Waals surface area contributed by atoms with Crippen LogP contribution >= 0.6 is 11.3 Å². The first kappa shape index (κ1) is 17.4. The Morgan fingerprint density at radius 1 is 1.33 bits per heavy atom. The molecule has 0 aliphatic carbocycles. The van der Waals surface area contributed by atoms with Crippen molar-refractivity contribution < 1.29 is 14.3 Å². The molecule has 1 aliphatic rings. The molecule has 0 N–H and O–H groups in total. The maximum atomic E-state index is 12.7. The second-order valence-corrected chi connectivity index (χ2v) is 7.40. The van der Waals surface area contributed by atoms with Crippen molar-refractivity contribution in [3.63, 3.8) is 0 Å². The smallest absolute Gasteiger partial charge is 0.292 e. The van der Waals surface area contributed by atoms with Crippen molar-refractivity contribution >= 4 is 27.5 Å². The van der Waals surface area contributed by atoms with E-state index in [1.54, 1.807) is 6.07 Å². The number of rotatable bonds is 2. The Balaban J connectivity index is 1.74. The lowest BCUT2D eigenvalue weighted by Gasteiger charge is -2.23. The summed E-state index contributed by atoms with van der Waals surface area (Å²) >= 11 is 1.46. The van der Waals surface area contributed by atoms with Gasteiger partial charge >= 0.3 is 0 Å². The summed E-state index contributed by atoms with van der Waals surface area (Å²) in [5.74, 6) is 3.46. The first-order chi connectivity index (χ1) is 13.1. The average molecular weight is 378 g/mol. The van der Waals surface area contributed by atoms with Gasteiger partial charge in [0.05, 0.1) is 16.8 Å². The van der Waals surface area contributed by atoms with Gasteiger partial charge in [0.2, 0.25) is 6.10 Å². The molecule has 0 fully saturated rings. The van der Waals surface area contributed by atoms with Gasteiger partial charge in [-0.3, -0.25) is 4.79 Å². The summed E-state index contributed by atoms with van der Waals surface area (Å²) in [7, 11) is 0. The standard InChI is InChI=1S/C21H18N2O3S/c1-4-9-23-15-11-13(2)10-14(3)19(15)27-21(23)22-20(24)18-12-25-16-7-5-6-8-17(16)26-18/h1,5-8,10-11,18H,9,12H2,2-3H3. The molecule has 1 atom stereocenters. The minimum atomic E-state index is -0.771. The summed E-state index contributed by atoms with van der Waals surface area (Å²) in [6.07, 6.45) is 4.77. The predicted octanol–water partition coefficient (Wildman–Crippen LogP) is 3.22. The van der Waals surface area contributed by atoms with E-state index in [0.29, 0.717) is 22.8 Å². The number of terminal acetylenes is 1. The molecule has 0 spiro atoms. The number of carbonyl (C=O) groups excluding carboxylic acids is 1. The molecule has 0 bridgehead atoms. The first-order valence-electron chi connectivity index (χ1n) is 8.58. The Bertz CT molecular complexity index is 1150. The number of thiazole rings is 1. The molecule has 2 aromatic carbocycles. The van der Waals surface area contributed by atoms with E-state index in [2.05, 4.69) is 23.0 Å². The van der Waals surface area contributed by atoms with Crippen LogP contribution in [0.4, 0.5) is 0 Å². The van der Waals surface area contributed by atoms with E-state index in [1.165, 1.54) is 11.3 Å². The molecule has 3 aromatic rings. The number of amides is 1. The molecule has 136 valence electrons. The number of hydrogen-bond donors (Lipinski definition) is 0. The van der Waals surface area contributed by atoms with Crippen LogP contribution in [0.1, 0.15) is 11.1 Å². The SMILES string of the molecule is C#CCn1c(=NC(=O)C2COc3ccccc3O2)sc2c(C)cc(C)cc21. The fraction of sp³-hybridized carbons (Fsp3) is 0.238. The van der Waals surface area contributed by atoms with Gasteiger partial charge in [0, 0.05) is 0 Å². The Hall–Kier alpha value is -3.04. The number of para-hydroxylation sites is 2. The first-order valence-corrected chi connectivity index (χ1v) is 9.39. The van der Waals surface area contributed by atoms with Crippen LogP contribution in [0.25, 0.3) is 10.2 Å². The highest BCUT2D eigenvalue weighted by Crippen LogP contribution is 2.31. The van der Waals surface area contributed by atoms with Gasteiger partial charge in [-0.2, -0.15) is 4.99 Å². The van der Waals surface area contributed by atoms with Crippen LogP contribution in [0.2, 0.25) is 0 Å². The molecule has 2 heterocycles. The number of aryl methyl sites for hydroxylation is 2. The molecule has 1 aliphatic heterocycles. The quantitative estimate of drug-likeness (QED) is 0.644. The van der Waals surface area contributed by atoms with E-state index < -0.39 is 6.10 Å². The molecule has 1 aromatic heterocycles. The molecular weight excluding hydrogens is 360 g/mol. The maximum absolute atomic E-state index is 12.7. The number of carbonyl (C=O) groups is 1. The van der Waals surface area contributed by atoms with Crippen LogP contribution in [0.15, 0.2) is 41.4 Å². The lowest BCUT2D eigenvalue weighted by molar-refractivity contribution is -0.127. The van der Waals surface area contributed by atoms with E-state index in [1.807, 2.05) is 36.6 Å². The minimum absolute atomic E-state index is 0.136. The average Bonchev–Trinajstić information content (AvgIpc) is 2.99. The third-order valence-corrected chi connectivity index (χ3v) is 5.58. The van der Waals surface area contributed by atoms with Crippen molar-refractivity contribution in [3.8, 4) is 23.8 Å². The summed E-state index contributed by atoms with van der Waals surface area (Å²) < 4.78 is 14.4. The lowest BCUT2D eigenvalue weighted by atomic mass is 10.1. The van der Waals surface area contributed by atoms with Gasteiger partial charge in [0.15, 0.2) is 16.3 Å². The Labute approximate surface area is 160 Å². The number of benzene rings is 2. The lowest BCUT2D eigenvalue weighted by Crippen LogP contribution is -2.36. The van der Waals surface area contributed by atoms with E-state index in [-0.39, 0.29) is 12.5 Å². The largest absolute Gasteiger partial charge is 0.485 e. The number of fused-ring (bicyclic) bond motifs is 2. The highest BCUT2D eigenvalue weighted by Gasteiger charge is 2.27. The van der Waals surface area contributed by atoms with Gasteiger partial charge in [-0.15, -0.1) is 6.42 Å². The van der Waals surface area contributed by atoms with Crippen molar-refractivity contribution in [3.05, 3.63) is 52.3 Å². The maximum Gasteiger partial charge on any atom is 0.292 e. The van der Waals surface area contributed by atoms with Crippen molar-refractivity contribution in [2.24, 2.45) is 4.99 Å². The summed E-state index contributed by atoms with van der Waals surface area (Å²) in [5, 5.41) is 0. The van der Waals surface area contributed by atoms with Gasteiger partial charge in [0.25, 0.3) is 5.91 Å². The van der Waals surface area contributed by atoms with Crippen LogP contribution in [0.5, 0.6) is 11.5 Å². The molecule has 6 heteroatoms. The van der Waals surface area contributed by atoms with E-state index >= 15 is 0 Å². The zero-order chi connectivity index (χ0) is 19.0. The molecule has 1 unspecified atom stereocenters. The van der Waals surface area contributed by atoms with Crippen molar-refractivity contribution in [1.82, 2.24) is 4.57 Å². The van der Waals surface area contributed by atoms with Crippen molar-refractivity contribution in [2.75, 3.05) is 6.61 Å². The zero-order valence-electron chi connectivity index (χ0n) is 15.1. The molecule has 27 heavy (non-hydrogen) atoms. The molecule has 5 nitrogen and oxygen atoms in total. The third kappa shape index (κ3) is 3.22. The van der Waals surface area contributed by atoms with Crippen LogP contribution in [0.3, 0.4) is 0 Å². The highest BCUT2D eigenvalue weighted by molar-refractivity contribution is 7.16. The minimum Gasteiger partial charge on any atom is -0.485 e. The predicted molar refractivity (Wildman–Crippen MR) is 105 cm³/mol. The molecular formula is C21H18N2O3S. The van der Waals surface area contributed by atoms with Gasteiger partial charge < -0.3 is 14.0 Å². The van der Waals surface area contributed by atoms with Crippen molar-refractivity contribution in [2.45, 2.75) is 26.5 Å². The molecule has 1 amide bonds. The van der Waals surface area contributed by atoms with Crippen LogP contribution < -0.4 is 14.3 Å². The van der Waals surface area contributed by atoms with E-state index in [4.69, 9.17) is 15.9 Å².